The van der Waals surface area contributed by atoms with E-state index in [1.165, 1.54) is 71.9 Å². The standard InChI is InChI=1S/C57H48N2O/c1-35-17-11-12-20-41(35)52-36(2)53-47(57(6,7)46-31-30-44-43-22-14-16-24-51(43)60-55(44)54(46)53)34-50(52)58(39-27-25-37(26-28-39)56(3,4)5)40-29-32-49-45(33-40)42-21-13-15-23-48(42)59(49)38-18-9-8-10-19-38/h8-34H,1-7H3. The minimum absolute atomic E-state index is 0.0236. The van der Waals surface area contributed by atoms with Crippen molar-refractivity contribution < 1.29 is 4.42 Å². The lowest BCUT2D eigenvalue weighted by molar-refractivity contribution is 0.590. The molecule has 0 amide bonds. The van der Waals surface area contributed by atoms with E-state index in [1.807, 2.05) is 0 Å². The van der Waals surface area contributed by atoms with Crippen molar-refractivity contribution in [3.8, 4) is 27.9 Å². The van der Waals surface area contributed by atoms with Crippen molar-refractivity contribution >= 4 is 60.8 Å². The largest absolute Gasteiger partial charge is 0.455 e. The first-order chi connectivity index (χ1) is 29.0. The monoisotopic (exact) mass is 776 g/mol. The Morgan fingerprint density at radius 1 is 0.533 bits per heavy atom. The second kappa shape index (κ2) is 13.1. The number of hydrogen-bond acceptors (Lipinski definition) is 2. The Balaban J connectivity index is 1.24. The zero-order valence-corrected chi connectivity index (χ0v) is 35.4. The van der Waals surface area contributed by atoms with Crippen LogP contribution >= 0.6 is 0 Å². The van der Waals surface area contributed by atoms with E-state index in [1.54, 1.807) is 0 Å². The van der Waals surface area contributed by atoms with Crippen LogP contribution in [-0.4, -0.2) is 4.57 Å². The maximum Gasteiger partial charge on any atom is 0.143 e. The van der Waals surface area contributed by atoms with Gasteiger partial charge in [0.15, 0.2) is 0 Å². The Morgan fingerprint density at radius 3 is 1.97 bits per heavy atom. The van der Waals surface area contributed by atoms with Gasteiger partial charge in [0.2, 0.25) is 0 Å². The maximum absolute atomic E-state index is 6.82. The fraction of sp³-hybridized carbons (Fsp3) is 0.158. The van der Waals surface area contributed by atoms with Crippen LogP contribution in [0, 0.1) is 13.8 Å². The third-order valence-electron chi connectivity index (χ3n) is 13.3. The van der Waals surface area contributed by atoms with Gasteiger partial charge in [-0.05, 0) is 119 Å². The quantitative estimate of drug-likeness (QED) is 0.174. The van der Waals surface area contributed by atoms with Gasteiger partial charge >= 0.3 is 0 Å². The molecule has 1 aliphatic carbocycles. The first-order valence-corrected chi connectivity index (χ1v) is 21.2. The van der Waals surface area contributed by atoms with Crippen LogP contribution in [0.1, 0.15) is 62.4 Å². The van der Waals surface area contributed by atoms with Crippen molar-refractivity contribution in [3.63, 3.8) is 0 Å². The van der Waals surface area contributed by atoms with Gasteiger partial charge in [-0.1, -0.05) is 138 Å². The molecule has 2 aromatic heterocycles. The van der Waals surface area contributed by atoms with E-state index < -0.39 is 0 Å². The lowest BCUT2D eigenvalue weighted by Crippen LogP contribution is -2.18. The summed E-state index contributed by atoms with van der Waals surface area (Å²) in [5.74, 6) is 0. The third kappa shape index (κ3) is 5.28. The van der Waals surface area contributed by atoms with Gasteiger partial charge in [0, 0.05) is 55.1 Å². The zero-order chi connectivity index (χ0) is 41.1. The van der Waals surface area contributed by atoms with Crippen molar-refractivity contribution in [2.75, 3.05) is 4.90 Å². The van der Waals surface area contributed by atoms with E-state index in [0.717, 1.165) is 44.7 Å². The highest BCUT2D eigenvalue weighted by atomic mass is 16.3. The van der Waals surface area contributed by atoms with Crippen LogP contribution in [0.5, 0.6) is 0 Å². The zero-order valence-electron chi connectivity index (χ0n) is 35.4. The molecule has 8 aromatic carbocycles. The molecule has 2 heterocycles. The third-order valence-corrected chi connectivity index (χ3v) is 13.3. The summed E-state index contributed by atoms with van der Waals surface area (Å²) in [4.78, 5) is 2.52. The molecule has 0 aliphatic heterocycles. The molecular weight excluding hydrogens is 729 g/mol. The molecule has 0 unspecified atom stereocenters. The van der Waals surface area contributed by atoms with Gasteiger partial charge in [0.25, 0.3) is 0 Å². The number of aryl methyl sites for hydroxylation is 1. The molecule has 0 fully saturated rings. The second-order valence-corrected chi connectivity index (χ2v) is 18.2. The first-order valence-electron chi connectivity index (χ1n) is 21.2. The van der Waals surface area contributed by atoms with Crippen LogP contribution < -0.4 is 4.90 Å². The van der Waals surface area contributed by atoms with Gasteiger partial charge < -0.3 is 13.9 Å². The molecule has 0 radical (unpaired) electrons. The van der Waals surface area contributed by atoms with Crippen LogP contribution in [-0.2, 0) is 10.8 Å². The van der Waals surface area contributed by atoms with Crippen LogP contribution in [0.2, 0.25) is 0 Å². The fourth-order valence-electron chi connectivity index (χ4n) is 10.2. The van der Waals surface area contributed by atoms with Crippen LogP contribution in [0.3, 0.4) is 0 Å². The topological polar surface area (TPSA) is 21.3 Å². The fourth-order valence-corrected chi connectivity index (χ4v) is 10.2. The summed E-state index contributed by atoms with van der Waals surface area (Å²) in [7, 11) is 0. The van der Waals surface area contributed by atoms with Crippen molar-refractivity contribution in [1.82, 2.24) is 4.57 Å². The second-order valence-electron chi connectivity index (χ2n) is 18.2. The lowest BCUT2D eigenvalue weighted by atomic mass is 9.80. The predicted molar refractivity (Wildman–Crippen MR) is 254 cm³/mol. The molecule has 3 nitrogen and oxygen atoms in total. The lowest BCUT2D eigenvalue weighted by Gasteiger charge is -2.32. The maximum atomic E-state index is 6.82. The Labute approximate surface area is 352 Å². The Bertz CT molecular complexity index is 3340. The van der Waals surface area contributed by atoms with Crippen molar-refractivity contribution in [1.29, 1.82) is 0 Å². The molecule has 292 valence electrons. The number of benzene rings is 8. The number of para-hydroxylation sites is 3. The van der Waals surface area contributed by atoms with Crippen molar-refractivity contribution in [3.05, 3.63) is 192 Å². The van der Waals surface area contributed by atoms with Crippen LogP contribution in [0.4, 0.5) is 17.1 Å². The van der Waals surface area contributed by atoms with Gasteiger partial charge in [-0.25, -0.2) is 0 Å². The molecule has 3 heteroatoms. The summed E-state index contributed by atoms with van der Waals surface area (Å²) in [6.45, 7) is 16.2. The number of nitrogens with zero attached hydrogens (tertiary/aromatic N) is 2. The van der Waals surface area contributed by atoms with Crippen LogP contribution in [0.25, 0.3) is 71.7 Å². The Hall–Kier alpha value is -6.84. The number of hydrogen-bond donors (Lipinski definition) is 0. The molecule has 60 heavy (non-hydrogen) atoms. The molecule has 0 atom stereocenters. The first kappa shape index (κ1) is 36.3. The molecule has 0 saturated heterocycles. The molecule has 0 N–H and O–H groups in total. The predicted octanol–water partition coefficient (Wildman–Crippen LogP) is 16.0. The molecular formula is C57H48N2O. The van der Waals surface area contributed by atoms with E-state index >= 15 is 0 Å². The number of anilines is 3. The Kier molecular flexibility index (Phi) is 7.90. The average molecular weight is 777 g/mol. The molecule has 0 saturated carbocycles. The number of furan rings is 1. The molecule has 10 aromatic rings. The van der Waals surface area contributed by atoms with Gasteiger partial charge in [0.05, 0.1) is 16.7 Å². The van der Waals surface area contributed by atoms with Gasteiger partial charge in [0.1, 0.15) is 11.2 Å². The molecule has 0 bridgehead atoms. The van der Waals surface area contributed by atoms with E-state index in [9.17, 15) is 0 Å². The van der Waals surface area contributed by atoms with Crippen molar-refractivity contribution in [2.45, 2.75) is 59.3 Å². The van der Waals surface area contributed by atoms with Crippen molar-refractivity contribution in [2.24, 2.45) is 0 Å². The average Bonchev–Trinajstić information content (AvgIpc) is 3.87. The van der Waals surface area contributed by atoms with Crippen LogP contribution in [0.15, 0.2) is 168 Å². The Morgan fingerprint density at radius 2 is 1.20 bits per heavy atom. The van der Waals surface area contributed by atoms with E-state index in [4.69, 9.17) is 4.42 Å². The van der Waals surface area contributed by atoms with E-state index in [-0.39, 0.29) is 10.8 Å². The number of rotatable bonds is 5. The smallest absolute Gasteiger partial charge is 0.143 e. The summed E-state index contributed by atoms with van der Waals surface area (Å²) in [6.07, 6.45) is 0. The normalized spacial score (nSPS) is 13.4. The highest BCUT2D eigenvalue weighted by Crippen LogP contribution is 2.58. The highest BCUT2D eigenvalue weighted by Gasteiger charge is 2.41. The SMILES string of the molecule is Cc1ccccc1-c1c(N(c2ccc(C(C)(C)C)cc2)c2ccc3c(c2)c2ccccc2n3-c2ccccc2)cc2c(c1C)-c1c(ccc3c1oc1ccccc13)C2(C)C. The minimum atomic E-state index is -0.281. The van der Waals surface area contributed by atoms with Gasteiger partial charge in [-0.2, -0.15) is 0 Å². The van der Waals surface area contributed by atoms with E-state index in [2.05, 4.69) is 222 Å². The summed E-state index contributed by atoms with van der Waals surface area (Å²) in [5.41, 5.74) is 20.0. The summed E-state index contributed by atoms with van der Waals surface area (Å²) in [5, 5.41) is 4.77. The molecule has 11 rings (SSSR count). The van der Waals surface area contributed by atoms with Gasteiger partial charge in [-0.15, -0.1) is 0 Å². The number of fused-ring (bicyclic) bond motifs is 10. The molecule has 1 aliphatic rings. The number of aromatic nitrogens is 1. The molecule has 0 spiro atoms. The highest BCUT2D eigenvalue weighted by molar-refractivity contribution is 6.14. The summed E-state index contributed by atoms with van der Waals surface area (Å²) < 4.78 is 9.22. The van der Waals surface area contributed by atoms with E-state index in [0.29, 0.717) is 0 Å². The summed E-state index contributed by atoms with van der Waals surface area (Å²) >= 11 is 0. The summed E-state index contributed by atoms with van der Waals surface area (Å²) in [6, 6.07) is 60.3. The minimum Gasteiger partial charge on any atom is -0.455 e. The van der Waals surface area contributed by atoms with Gasteiger partial charge in [-0.3, -0.25) is 0 Å².